The van der Waals surface area contributed by atoms with Gasteiger partial charge in [0, 0.05) is 12.6 Å². The second-order valence-electron chi connectivity index (χ2n) is 7.85. The number of carboxylic acids is 2. The Morgan fingerprint density at radius 3 is 1.90 bits per heavy atom. The fourth-order valence-electron chi connectivity index (χ4n) is 2.90. The van der Waals surface area contributed by atoms with Crippen molar-refractivity contribution >= 4 is 23.0 Å². The topological polar surface area (TPSA) is 125 Å². The standard InChI is InChI=1S/C22H21N3O.2C2HF3O2/c1-2-4-17(5-3-1)12-13-23-15-18-6-8-19(9-7-18)26-20-10-11-21-22(14-20)25-16-24-21;2*3-2(4,5)1(6)7/h1-11,14,16,23H,12-13,15H2,(H,24,25);2*(H,6,7). The highest BCUT2D eigenvalue weighted by molar-refractivity contribution is 5.76. The van der Waals surface area contributed by atoms with Gasteiger partial charge < -0.3 is 25.3 Å². The molecule has 4 aromatic rings. The number of halogens is 6. The number of benzene rings is 3. The molecule has 0 atom stereocenters. The van der Waals surface area contributed by atoms with E-state index in [-0.39, 0.29) is 0 Å². The van der Waals surface area contributed by atoms with E-state index in [1.807, 2.05) is 36.4 Å². The summed E-state index contributed by atoms with van der Waals surface area (Å²) in [7, 11) is 0. The number of fused-ring (bicyclic) bond motifs is 1. The Kier molecular flexibility index (Phi) is 11.5. The first-order chi connectivity index (χ1) is 18.8. The van der Waals surface area contributed by atoms with Gasteiger partial charge in [0.2, 0.25) is 0 Å². The number of hydrogen-bond acceptors (Lipinski definition) is 5. The van der Waals surface area contributed by atoms with Gasteiger partial charge in [-0.3, -0.25) is 0 Å². The van der Waals surface area contributed by atoms with Crippen LogP contribution < -0.4 is 10.1 Å². The van der Waals surface area contributed by atoms with Gasteiger partial charge >= 0.3 is 24.3 Å². The molecule has 8 nitrogen and oxygen atoms in total. The number of carbonyl (C=O) groups is 2. The lowest BCUT2D eigenvalue weighted by Crippen LogP contribution is -2.21. The van der Waals surface area contributed by atoms with Crippen molar-refractivity contribution in [2.45, 2.75) is 25.3 Å². The lowest BCUT2D eigenvalue weighted by atomic mass is 10.1. The molecule has 0 spiro atoms. The molecule has 0 aliphatic carbocycles. The monoisotopic (exact) mass is 571 g/mol. The molecule has 0 bridgehead atoms. The highest BCUT2D eigenvalue weighted by Crippen LogP contribution is 2.24. The molecule has 0 aliphatic rings. The normalized spacial score (nSPS) is 11.1. The minimum Gasteiger partial charge on any atom is -0.475 e. The Balaban J connectivity index is 0.000000333. The summed E-state index contributed by atoms with van der Waals surface area (Å²) in [6.07, 6.45) is -7.44. The second kappa shape index (κ2) is 14.5. The van der Waals surface area contributed by atoms with Crippen LogP contribution in [0.5, 0.6) is 11.5 Å². The van der Waals surface area contributed by atoms with Crippen molar-refractivity contribution < 1.29 is 50.9 Å². The van der Waals surface area contributed by atoms with E-state index in [1.54, 1.807) is 6.33 Å². The van der Waals surface area contributed by atoms with E-state index in [0.717, 1.165) is 42.0 Å². The molecule has 0 saturated carbocycles. The third-order valence-corrected chi connectivity index (χ3v) is 4.80. The molecule has 0 fully saturated rings. The zero-order chi connectivity index (χ0) is 29.8. The van der Waals surface area contributed by atoms with Gasteiger partial charge in [-0.05, 0) is 48.4 Å². The van der Waals surface area contributed by atoms with Crippen molar-refractivity contribution in [3.63, 3.8) is 0 Å². The Bertz CT molecular complexity index is 1330. The van der Waals surface area contributed by atoms with Gasteiger partial charge in [-0.2, -0.15) is 26.3 Å². The quantitative estimate of drug-likeness (QED) is 0.160. The zero-order valence-electron chi connectivity index (χ0n) is 20.5. The van der Waals surface area contributed by atoms with Crippen molar-refractivity contribution in [3.8, 4) is 11.5 Å². The molecule has 40 heavy (non-hydrogen) atoms. The number of aliphatic carboxylic acids is 2. The number of hydrogen-bond donors (Lipinski definition) is 4. The molecule has 214 valence electrons. The average Bonchev–Trinajstić information content (AvgIpc) is 3.36. The summed E-state index contributed by atoms with van der Waals surface area (Å²) < 4.78 is 69.4. The first-order valence-corrected chi connectivity index (χ1v) is 11.3. The number of alkyl halides is 6. The summed E-state index contributed by atoms with van der Waals surface area (Å²) in [5, 5.41) is 17.7. The number of nitrogens with zero attached hydrogens (tertiary/aromatic N) is 1. The molecule has 4 rings (SSSR count). The van der Waals surface area contributed by atoms with Gasteiger partial charge in [0.1, 0.15) is 11.5 Å². The minimum absolute atomic E-state index is 0.801. The fraction of sp³-hybridized carbons (Fsp3) is 0.192. The predicted octanol–water partition coefficient (Wildman–Crippen LogP) is 5.95. The van der Waals surface area contributed by atoms with Gasteiger partial charge in [-0.25, -0.2) is 14.6 Å². The van der Waals surface area contributed by atoms with Crippen molar-refractivity contribution in [2.24, 2.45) is 0 Å². The van der Waals surface area contributed by atoms with E-state index in [9.17, 15) is 26.3 Å². The summed E-state index contributed by atoms with van der Waals surface area (Å²) >= 11 is 0. The van der Waals surface area contributed by atoms with Crippen LogP contribution in [0.25, 0.3) is 11.0 Å². The Labute approximate surface area is 223 Å². The predicted molar refractivity (Wildman–Crippen MR) is 132 cm³/mol. The molecule has 0 unspecified atom stereocenters. The lowest BCUT2D eigenvalue weighted by molar-refractivity contribution is -0.193. The first kappa shape index (κ1) is 31.6. The third-order valence-electron chi connectivity index (χ3n) is 4.80. The summed E-state index contributed by atoms with van der Waals surface area (Å²) in [5.41, 5.74) is 4.52. The van der Waals surface area contributed by atoms with E-state index in [0.29, 0.717) is 0 Å². The maximum atomic E-state index is 10.6. The highest BCUT2D eigenvalue weighted by Gasteiger charge is 2.38. The number of aromatic amines is 1. The molecule has 0 amide bonds. The van der Waals surface area contributed by atoms with Crippen LogP contribution in [0.15, 0.2) is 79.1 Å². The van der Waals surface area contributed by atoms with Crippen molar-refractivity contribution in [2.75, 3.05) is 6.54 Å². The number of H-pyrrole nitrogens is 1. The molecule has 3 aromatic carbocycles. The minimum atomic E-state index is -5.08. The van der Waals surface area contributed by atoms with E-state index >= 15 is 0 Å². The summed E-state index contributed by atoms with van der Waals surface area (Å²) in [5.74, 6) is -3.88. The summed E-state index contributed by atoms with van der Waals surface area (Å²) in [6.45, 7) is 1.82. The number of aromatic nitrogens is 2. The van der Waals surface area contributed by atoms with E-state index in [2.05, 4.69) is 51.7 Å². The maximum Gasteiger partial charge on any atom is 0.490 e. The second-order valence-corrected chi connectivity index (χ2v) is 7.85. The molecule has 1 heterocycles. The molecular weight excluding hydrogens is 548 g/mol. The van der Waals surface area contributed by atoms with Crippen LogP contribution in [0.2, 0.25) is 0 Å². The number of carboxylic acid groups (broad SMARTS) is 2. The Hall–Kier alpha value is -4.59. The van der Waals surface area contributed by atoms with Crippen LogP contribution in [0, 0.1) is 0 Å². The van der Waals surface area contributed by atoms with Crippen LogP contribution in [0.1, 0.15) is 11.1 Å². The smallest absolute Gasteiger partial charge is 0.475 e. The van der Waals surface area contributed by atoms with Crippen molar-refractivity contribution in [1.29, 1.82) is 0 Å². The summed E-state index contributed by atoms with van der Waals surface area (Å²) in [4.78, 5) is 25.1. The van der Waals surface area contributed by atoms with Gasteiger partial charge in [-0.1, -0.05) is 42.5 Å². The first-order valence-electron chi connectivity index (χ1n) is 11.3. The number of ether oxygens (including phenoxy) is 1. The fourth-order valence-corrected chi connectivity index (χ4v) is 2.90. The van der Waals surface area contributed by atoms with Crippen molar-refractivity contribution in [1.82, 2.24) is 15.3 Å². The summed E-state index contributed by atoms with van der Waals surface area (Å²) in [6, 6.07) is 24.6. The molecule has 14 heteroatoms. The van der Waals surface area contributed by atoms with E-state index < -0.39 is 24.3 Å². The number of nitrogens with one attached hydrogen (secondary N) is 2. The van der Waals surface area contributed by atoms with Gasteiger partial charge in [0.15, 0.2) is 0 Å². The lowest BCUT2D eigenvalue weighted by Gasteiger charge is -2.08. The van der Waals surface area contributed by atoms with Crippen LogP contribution >= 0.6 is 0 Å². The average molecular weight is 571 g/mol. The van der Waals surface area contributed by atoms with E-state index in [4.69, 9.17) is 24.5 Å². The van der Waals surface area contributed by atoms with Gasteiger partial charge in [0.25, 0.3) is 0 Å². The van der Waals surface area contributed by atoms with Crippen LogP contribution in [-0.2, 0) is 22.6 Å². The molecule has 0 radical (unpaired) electrons. The Morgan fingerprint density at radius 2 is 1.35 bits per heavy atom. The van der Waals surface area contributed by atoms with Crippen molar-refractivity contribution in [3.05, 3.63) is 90.3 Å². The molecule has 0 saturated heterocycles. The molecule has 1 aromatic heterocycles. The highest BCUT2D eigenvalue weighted by atomic mass is 19.4. The molecule has 0 aliphatic heterocycles. The Morgan fingerprint density at radius 1 is 0.800 bits per heavy atom. The van der Waals surface area contributed by atoms with Crippen LogP contribution in [0.3, 0.4) is 0 Å². The molecular formula is C26H23F6N3O5. The zero-order valence-corrected chi connectivity index (χ0v) is 20.5. The van der Waals surface area contributed by atoms with Crippen LogP contribution in [0.4, 0.5) is 26.3 Å². The van der Waals surface area contributed by atoms with Gasteiger partial charge in [0.05, 0.1) is 17.4 Å². The molecule has 4 N–H and O–H groups in total. The maximum absolute atomic E-state index is 10.6. The number of imidazole rings is 1. The van der Waals surface area contributed by atoms with Crippen LogP contribution in [-0.4, -0.2) is 51.0 Å². The van der Waals surface area contributed by atoms with E-state index in [1.165, 1.54) is 11.1 Å². The third kappa shape index (κ3) is 11.4. The SMILES string of the molecule is O=C(O)C(F)(F)F.O=C(O)C(F)(F)F.c1ccc(CCNCc2ccc(Oc3ccc4nc[nH]c4c3)cc2)cc1. The number of rotatable bonds is 7. The largest absolute Gasteiger partial charge is 0.490 e. The van der Waals surface area contributed by atoms with Gasteiger partial charge in [-0.15, -0.1) is 0 Å².